The quantitative estimate of drug-likeness (QED) is 0.442. The van der Waals surface area contributed by atoms with E-state index in [2.05, 4.69) is 10.6 Å². The highest BCUT2D eigenvalue weighted by Gasteiger charge is 2.20. The summed E-state index contributed by atoms with van der Waals surface area (Å²) in [5.41, 5.74) is 0.354. The van der Waals surface area contributed by atoms with Crippen molar-refractivity contribution in [3.05, 3.63) is 57.9 Å². The third kappa shape index (κ3) is 5.90. The Morgan fingerprint density at radius 2 is 1.77 bits per heavy atom. The van der Waals surface area contributed by atoms with Gasteiger partial charge in [-0.1, -0.05) is 6.07 Å². The summed E-state index contributed by atoms with van der Waals surface area (Å²) in [6.45, 7) is 8.36. The number of carbonyl (C=O) groups excluding carboxylic acids is 1. The van der Waals surface area contributed by atoms with Gasteiger partial charge in [-0.05, 0) is 57.5 Å². The van der Waals surface area contributed by atoms with Crippen LogP contribution in [0.15, 0.2) is 36.4 Å². The highest BCUT2D eigenvalue weighted by molar-refractivity contribution is 5.94. The van der Waals surface area contributed by atoms with Crippen LogP contribution >= 0.6 is 0 Å². The number of amides is 1. The Kier molecular flexibility index (Phi) is 8.11. The lowest BCUT2D eigenvalue weighted by molar-refractivity contribution is -0.387. The van der Waals surface area contributed by atoms with Crippen molar-refractivity contribution in [2.24, 2.45) is 0 Å². The van der Waals surface area contributed by atoms with E-state index in [9.17, 15) is 19.3 Å². The Bertz CT molecular complexity index is 906. The first-order chi connectivity index (χ1) is 14.3. The minimum atomic E-state index is -0.960. The van der Waals surface area contributed by atoms with E-state index in [1.165, 1.54) is 6.07 Å². The first kappa shape index (κ1) is 23.1. The zero-order valence-electron chi connectivity index (χ0n) is 17.4. The van der Waals surface area contributed by atoms with Crippen LogP contribution in [-0.4, -0.2) is 30.1 Å². The smallest absolute Gasteiger partial charge is 0.306 e. The lowest BCUT2D eigenvalue weighted by atomic mass is 10.1. The van der Waals surface area contributed by atoms with Gasteiger partial charge in [-0.3, -0.25) is 20.2 Å². The molecular formula is C21H26FN3O5. The van der Waals surface area contributed by atoms with Gasteiger partial charge in [-0.15, -0.1) is 0 Å². The van der Waals surface area contributed by atoms with E-state index in [1.54, 1.807) is 6.92 Å². The molecular weight excluding hydrogens is 393 g/mol. The number of hydrogen-bond donors (Lipinski definition) is 2. The largest absolute Gasteiger partial charge is 0.490 e. The Labute approximate surface area is 174 Å². The molecule has 162 valence electrons. The number of carbonyl (C=O) groups is 1. The van der Waals surface area contributed by atoms with E-state index in [-0.39, 0.29) is 11.7 Å². The van der Waals surface area contributed by atoms with E-state index in [1.807, 2.05) is 39.0 Å². The molecule has 0 spiro atoms. The van der Waals surface area contributed by atoms with E-state index in [4.69, 9.17) is 9.47 Å². The minimum absolute atomic E-state index is 0.147. The van der Waals surface area contributed by atoms with Crippen LogP contribution in [0, 0.1) is 15.9 Å². The minimum Gasteiger partial charge on any atom is -0.490 e. The summed E-state index contributed by atoms with van der Waals surface area (Å²) in [6, 6.07) is 7.98. The van der Waals surface area contributed by atoms with Gasteiger partial charge in [0.15, 0.2) is 11.5 Å². The van der Waals surface area contributed by atoms with Crippen LogP contribution in [0.4, 0.5) is 15.8 Å². The molecule has 9 heteroatoms. The molecule has 0 aliphatic rings. The first-order valence-corrected chi connectivity index (χ1v) is 9.67. The van der Waals surface area contributed by atoms with Crippen LogP contribution in [0.25, 0.3) is 0 Å². The molecule has 30 heavy (non-hydrogen) atoms. The fourth-order valence-electron chi connectivity index (χ4n) is 2.86. The summed E-state index contributed by atoms with van der Waals surface area (Å²) in [6.07, 6.45) is 0. The van der Waals surface area contributed by atoms with E-state index >= 15 is 0 Å². The predicted molar refractivity (Wildman–Crippen MR) is 111 cm³/mol. The molecule has 8 nitrogen and oxygen atoms in total. The van der Waals surface area contributed by atoms with Crippen LogP contribution in [0.1, 0.15) is 39.3 Å². The fraction of sp³-hybridized carbons (Fsp3) is 0.381. The lowest BCUT2D eigenvalue weighted by Crippen LogP contribution is -2.39. The van der Waals surface area contributed by atoms with Crippen molar-refractivity contribution in [3.63, 3.8) is 0 Å². The monoisotopic (exact) mass is 419 g/mol. The van der Waals surface area contributed by atoms with Crippen LogP contribution < -0.4 is 20.1 Å². The van der Waals surface area contributed by atoms with Crippen LogP contribution in [0.5, 0.6) is 11.5 Å². The SMILES string of the molecule is CCOc1ccc([C@@H](C)N[C@H](C)C(=O)Nc2ccc(F)c([N+](=O)[O-])c2)cc1OCC. The third-order valence-electron chi connectivity index (χ3n) is 4.37. The average molecular weight is 419 g/mol. The number of anilines is 1. The summed E-state index contributed by atoms with van der Waals surface area (Å²) >= 11 is 0. The van der Waals surface area contributed by atoms with Crippen molar-refractivity contribution < 1.29 is 23.6 Å². The average Bonchev–Trinajstić information content (AvgIpc) is 2.70. The molecule has 0 aromatic heterocycles. The van der Waals surface area contributed by atoms with Crippen molar-refractivity contribution in [3.8, 4) is 11.5 Å². The number of ether oxygens (including phenoxy) is 2. The zero-order valence-corrected chi connectivity index (χ0v) is 17.4. The molecule has 0 aliphatic heterocycles. The Balaban J connectivity index is 2.07. The van der Waals surface area contributed by atoms with Gasteiger partial charge in [0, 0.05) is 17.8 Å². The second-order valence-corrected chi connectivity index (χ2v) is 6.59. The van der Waals surface area contributed by atoms with Crippen LogP contribution in [0.3, 0.4) is 0 Å². The van der Waals surface area contributed by atoms with Crippen molar-refractivity contribution in [1.29, 1.82) is 0 Å². The topological polar surface area (TPSA) is 103 Å². The van der Waals surface area contributed by atoms with Gasteiger partial charge in [0.25, 0.3) is 0 Å². The number of rotatable bonds is 10. The molecule has 0 radical (unpaired) electrons. The van der Waals surface area contributed by atoms with Gasteiger partial charge in [0.2, 0.25) is 11.7 Å². The van der Waals surface area contributed by atoms with Crippen molar-refractivity contribution in [2.75, 3.05) is 18.5 Å². The zero-order chi connectivity index (χ0) is 22.3. The summed E-state index contributed by atoms with van der Waals surface area (Å²) in [7, 11) is 0. The standard InChI is InChI=1S/C21H26FN3O5/c1-5-29-19-10-7-15(11-20(19)30-6-2)13(3)23-14(4)21(26)24-16-8-9-17(22)18(12-16)25(27)28/h7-14,23H,5-6H2,1-4H3,(H,24,26)/t13-,14-/m1/s1. The summed E-state index contributed by atoms with van der Waals surface area (Å²) in [5, 5.41) is 16.6. The van der Waals surface area contributed by atoms with Crippen LogP contribution in [0.2, 0.25) is 0 Å². The van der Waals surface area contributed by atoms with E-state index in [0.29, 0.717) is 24.7 Å². The summed E-state index contributed by atoms with van der Waals surface area (Å²) in [4.78, 5) is 22.5. The molecule has 1 amide bonds. The number of hydrogen-bond acceptors (Lipinski definition) is 6. The molecule has 2 rings (SSSR count). The molecule has 2 aromatic rings. The molecule has 2 atom stereocenters. The van der Waals surface area contributed by atoms with Gasteiger partial charge in [-0.2, -0.15) is 4.39 Å². The molecule has 0 unspecified atom stereocenters. The van der Waals surface area contributed by atoms with Gasteiger partial charge in [0.05, 0.1) is 24.2 Å². The van der Waals surface area contributed by atoms with E-state index in [0.717, 1.165) is 17.7 Å². The maximum atomic E-state index is 13.5. The summed E-state index contributed by atoms with van der Waals surface area (Å²) in [5.74, 6) is -0.0858. The number of nitrogens with zero attached hydrogens (tertiary/aromatic N) is 1. The van der Waals surface area contributed by atoms with Gasteiger partial charge in [-0.25, -0.2) is 0 Å². The third-order valence-corrected chi connectivity index (χ3v) is 4.37. The normalized spacial score (nSPS) is 12.7. The number of nitro groups is 1. The Morgan fingerprint density at radius 3 is 2.40 bits per heavy atom. The second-order valence-electron chi connectivity index (χ2n) is 6.59. The molecule has 0 heterocycles. The molecule has 2 aromatic carbocycles. The highest BCUT2D eigenvalue weighted by Crippen LogP contribution is 2.31. The second kappa shape index (κ2) is 10.5. The van der Waals surface area contributed by atoms with Gasteiger partial charge >= 0.3 is 5.69 Å². The molecule has 0 aliphatic carbocycles. The van der Waals surface area contributed by atoms with Crippen molar-refractivity contribution >= 4 is 17.3 Å². The maximum Gasteiger partial charge on any atom is 0.306 e. The summed E-state index contributed by atoms with van der Waals surface area (Å²) < 4.78 is 24.6. The molecule has 0 saturated carbocycles. The number of benzene rings is 2. The van der Waals surface area contributed by atoms with Crippen molar-refractivity contribution in [1.82, 2.24) is 5.32 Å². The fourth-order valence-corrected chi connectivity index (χ4v) is 2.86. The van der Waals surface area contributed by atoms with Gasteiger partial charge in [0.1, 0.15) is 0 Å². The number of halogens is 1. The Morgan fingerprint density at radius 1 is 1.10 bits per heavy atom. The van der Waals surface area contributed by atoms with E-state index < -0.39 is 28.4 Å². The molecule has 0 saturated heterocycles. The predicted octanol–water partition coefficient (Wildman–Crippen LogP) is 4.21. The van der Waals surface area contributed by atoms with Gasteiger partial charge < -0.3 is 14.8 Å². The maximum absolute atomic E-state index is 13.5. The Hall–Kier alpha value is -3.20. The molecule has 0 fully saturated rings. The molecule has 0 bridgehead atoms. The lowest BCUT2D eigenvalue weighted by Gasteiger charge is -2.21. The number of nitrogens with one attached hydrogen (secondary N) is 2. The first-order valence-electron chi connectivity index (χ1n) is 9.67. The van der Waals surface area contributed by atoms with Crippen LogP contribution in [-0.2, 0) is 4.79 Å². The number of nitro benzene ring substituents is 1. The van der Waals surface area contributed by atoms with Crippen molar-refractivity contribution in [2.45, 2.75) is 39.8 Å². The highest BCUT2D eigenvalue weighted by atomic mass is 19.1. The molecule has 2 N–H and O–H groups in total.